The van der Waals surface area contributed by atoms with E-state index >= 15 is 0 Å². The molecule has 0 heterocycles. The van der Waals surface area contributed by atoms with Crippen LogP contribution in [-0.2, 0) is 9.53 Å². The third kappa shape index (κ3) is 3.63. The Hall–Kier alpha value is -1.75. The number of nitrogens with two attached hydrogens (primary N) is 1. The smallest absolute Gasteiger partial charge is 0.338 e. The highest BCUT2D eigenvalue weighted by Gasteiger charge is 2.18. The van der Waals surface area contributed by atoms with Gasteiger partial charge < -0.3 is 15.8 Å². The summed E-state index contributed by atoms with van der Waals surface area (Å²) in [6.45, 7) is 3.77. The number of esters is 1. The van der Waals surface area contributed by atoms with Crippen LogP contribution in [-0.4, -0.2) is 24.5 Å². The van der Waals surface area contributed by atoms with E-state index in [1.54, 1.807) is 6.92 Å². The summed E-state index contributed by atoms with van der Waals surface area (Å²) < 4.78 is 5.00. The van der Waals surface area contributed by atoms with Crippen molar-refractivity contribution in [3.8, 4) is 0 Å². The first-order valence-electron chi connectivity index (χ1n) is 5.49. The number of hydrogen-bond acceptors (Lipinski definition) is 4. The Morgan fingerprint density at radius 3 is 2.72 bits per heavy atom. The van der Waals surface area contributed by atoms with Crippen LogP contribution in [0.4, 0.5) is 5.69 Å². The predicted molar refractivity (Wildman–Crippen MR) is 69.4 cm³/mol. The molecule has 1 aromatic carbocycles. The van der Waals surface area contributed by atoms with Crippen molar-refractivity contribution in [3.63, 3.8) is 0 Å². The molecule has 0 aliphatic heterocycles. The van der Waals surface area contributed by atoms with Gasteiger partial charge in [0.2, 0.25) is 0 Å². The molecule has 1 atom stereocenters. The maximum atomic E-state index is 11.7. The van der Waals surface area contributed by atoms with Crippen LogP contribution in [0.25, 0.3) is 0 Å². The second kappa shape index (κ2) is 6.26. The van der Waals surface area contributed by atoms with Crippen molar-refractivity contribution in [1.82, 2.24) is 5.32 Å². The minimum atomic E-state index is -0.852. The van der Waals surface area contributed by atoms with Gasteiger partial charge in [0, 0.05) is 6.54 Å². The third-order valence-corrected chi connectivity index (χ3v) is 2.58. The summed E-state index contributed by atoms with van der Waals surface area (Å²) in [5, 5.41) is 2.92. The van der Waals surface area contributed by atoms with Gasteiger partial charge in [0.25, 0.3) is 5.91 Å². The van der Waals surface area contributed by atoms with Gasteiger partial charge in [0.1, 0.15) is 0 Å². The normalized spacial score (nSPS) is 11.7. The number of carbonyl (C=O) groups excluding carboxylic acids is 2. The zero-order valence-corrected chi connectivity index (χ0v) is 11.0. The summed E-state index contributed by atoms with van der Waals surface area (Å²) in [5.74, 6) is -0.954. The summed E-state index contributed by atoms with van der Waals surface area (Å²) >= 11 is 5.74. The summed E-state index contributed by atoms with van der Waals surface area (Å²) in [7, 11) is 0. The van der Waals surface area contributed by atoms with E-state index in [1.807, 2.05) is 0 Å². The molecule has 5 nitrogen and oxygen atoms in total. The average molecular weight is 271 g/mol. The molecule has 0 bridgehead atoms. The van der Waals surface area contributed by atoms with E-state index < -0.39 is 12.1 Å². The molecule has 0 aliphatic carbocycles. The summed E-state index contributed by atoms with van der Waals surface area (Å²) in [6, 6.07) is 4.41. The fourth-order valence-electron chi connectivity index (χ4n) is 1.27. The van der Waals surface area contributed by atoms with E-state index in [-0.39, 0.29) is 17.2 Å². The lowest BCUT2D eigenvalue weighted by atomic mass is 10.2. The highest BCUT2D eigenvalue weighted by molar-refractivity contribution is 6.33. The number of amides is 1. The Labute approximate surface area is 110 Å². The number of halogens is 1. The Balaban J connectivity index is 2.70. The minimum Gasteiger partial charge on any atom is -0.449 e. The van der Waals surface area contributed by atoms with Gasteiger partial charge in [-0.2, -0.15) is 0 Å². The molecule has 0 unspecified atom stereocenters. The summed E-state index contributed by atoms with van der Waals surface area (Å²) in [5.41, 5.74) is 6.12. The standard InChI is InChI=1S/C12H15ClN2O3/c1-3-15-11(16)7(2)18-12(17)8-4-5-9(13)10(14)6-8/h4-7H,3,14H2,1-2H3,(H,15,16)/t7-/m0/s1. The fourth-order valence-corrected chi connectivity index (χ4v) is 1.39. The van der Waals surface area contributed by atoms with Crippen LogP contribution < -0.4 is 11.1 Å². The van der Waals surface area contributed by atoms with Crippen molar-refractivity contribution in [2.24, 2.45) is 0 Å². The Morgan fingerprint density at radius 2 is 2.17 bits per heavy atom. The molecule has 0 spiro atoms. The van der Waals surface area contributed by atoms with Crippen LogP contribution in [0.3, 0.4) is 0 Å². The van der Waals surface area contributed by atoms with Gasteiger partial charge in [-0.25, -0.2) is 4.79 Å². The Bertz CT molecular complexity index is 463. The van der Waals surface area contributed by atoms with Crippen LogP contribution in [0.2, 0.25) is 5.02 Å². The van der Waals surface area contributed by atoms with Crippen LogP contribution in [0.5, 0.6) is 0 Å². The summed E-state index contributed by atoms with van der Waals surface area (Å²) in [4.78, 5) is 23.1. The van der Waals surface area contributed by atoms with Gasteiger partial charge in [0.05, 0.1) is 16.3 Å². The van der Waals surface area contributed by atoms with Crippen molar-refractivity contribution in [3.05, 3.63) is 28.8 Å². The third-order valence-electron chi connectivity index (χ3n) is 2.24. The summed E-state index contributed by atoms with van der Waals surface area (Å²) in [6.07, 6.45) is -0.852. The van der Waals surface area contributed by atoms with Crippen LogP contribution in [0.1, 0.15) is 24.2 Å². The van der Waals surface area contributed by atoms with Gasteiger partial charge in [-0.05, 0) is 32.0 Å². The number of nitrogen functional groups attached to an aromatic ring is 1. The molecule has 0 fully saturated rings. The second-order valence-corrected chi connectivity index (χ2v) is 4.09. The number of carbonyl (C=O) groups is 2. The molecule has 18 heavy (non-hydrogen) atoms. The molecule has 98 valence electrons. The molecule has 0 aromatic heterocycles. The van der Waals surface area contributed by atoms with Gasteiger partial charge in [-0.1, -0.05) is 11.6 Å². The minimum absolute atomic E-state index is 0.257. The molecular formula is C12H15ClN2O3. The fraction of sp³-hybridized carbons (Fsp3) is 0.333. The van der Waals surface area contributed by atoms with Crippen LogP contribution in [0.15, 0.2) is 18.2 Å². The topological polar surface area (TPSA) is 81.4 Å². The Morgan fingerprint density at radius 1 is 1.50 bits per heavy atom. The van der Waals surface area contributed by atoms with Crippen LogP contribution >= 0.6 is 11.6 Å². The van der Waals surface area contributed by atoms with Crippen molar-refractivity contribution in [2.45, 2.75) is 20.0 Å². The van der Waals surface area contributed by atoms with E-state index in [2.05, 4.69) is 5.32 Å². The van der Waals surface area contributed by atoms with Gasteiger partial charge in [0.15, 0.2) is 6.10 Å². The molecule has 1 rings (SSSR count). The molecule has 0 saturated heterocycles. The highest BCUT2D eigenvalue weighted by atomic mass is 35.5. The average Bonchev–Trinajstić information content (AvgIpc) is 2.32. The zero-order chi connectivity index (χ0) is 13.7. The van der Waals surface area contributed by atoms with Gasteiger partial charge in [-0.15, -0.1) is 0 Å². The van der Waals surface area contributed by atoms with Gasteiger partial charge >= 0.3 is 5.97 Å². The van der Waals surface area contributed by atoms with Crippen molar-refractivity contribution >= 4 is 29.2 Å². The second-order valence-electron chi connectivity index (χ2n) is 3.68. The van der Waals surface area contributed by atoms with E-state index in [0.717, 1.165) is 0 Å². The number of anilines is 1. The molecule has 1 aromatic rings. The maximum absolute atomic E-state index is 11.7. The molecule has 3 N–H and O–H groups in total. The molecule has 6 heteroatoms. The quantitative estimate of drug-likeness (QED) is 0.643. The molecule has 1 amide bonds. The Kier molecular flexibility index (Phi) is 4.97. The SMILES string of the molecule is CCNC(=O)[C@H](C)OC(=O)c1ccc(Cl)c(N)c1. The van der Waals surface area contributed by atoms with E-state index in [9.17, 15) is 9.59 Å². The number of hydrogen-bond donors (Lipinski definition) is 2. The van der Waals surface area contributed by atoms with Crippen molar-refractivity contribution in [1.29, 1.82) is 0 Å². The molecule has 0 saturated carbocycles. The first-order valence-corrected chi connectivity index (χ1v) is 5.87. The van der Waals surface area contributed by atoms with Crippen molar-refractivity contribution in [2.75, 3.05) is 12.3 Å². The number of benzene rings is 1. The first-order chi connectivity index (χ1) is 8.45. The van der Waals surface area contributed by atoms with E-state index in [4.69, 9.17) is 22.1 Å². The lowest BCUT2D eigenvalue weighted by Gasteiger charge is -2.12. The lowest BCUT2D eigenvalue weighted by molar-refractivity contribution is -0.128. The maximum Gasteiger partial charge on any atom is 0.338 e. The number of rotatable bonds is 4. The highest BCUT2D eigenvalue weighted by Crippen LogP contribution is 2.20. The number of nitrogens with one attached hydrogen (secondary N) is 1. The molecule has 0 radical (unpaired) electrons. The lowest BCUT2D eigenvalue weighted by Crippen LogP contribution is -2.35. The number of likely N-dealkylation sites (N-methyl/N-ethyl adjacent to an activating group) is 1. The first kappa shape index (κ1) is 14.3. The van der Waals surface area contributed by atoms with Gasteiger partial charge in [-0.3, -0.25) is 4.79 Å². The monoisotopic (exact) mass is 270 g/mol. The van der Waals surface area contributed by atoms with E-state index in [1.165, 1.54) is 25.1 Å². The number of ether oxygens (including phenoxy) is 1. The molecular weight excluding hydrogens is 256 g/mol. The van der Waals surface area contributed by atoms with E-state index in [0.29, 0.717) is 11.6 Å². The molecule has 0 aliphatic rings. The van der Waals surface area contributed by atoms with Crippen molar-refractivity contribution < 1.29 is 14.3 Å². The van der Waals surface area contributed by atoms with Crippen LogP contribution in [0, 0.1) is 0 Å². The predicted octanol–water partition coefficient (Wildman–Crippen LogP) is 1.60. The zero-order valence-electron chi connectivity index (χ0n) is 10.2. The largest absolute Gasteiger partial charge is 0.449 e.